The largest absolute Gasteiger partial charge is 0.462 e. The molecule has 0 aromatic heterocycles. The van der Waals surface area contributed by atoms with Gasteiger partial charge in [0.25, 0.3) is 0 Å². The molecule has 0 fully saturated rings. The van der Waals surface area contributed by atoms with E-state index in [1.807, 2.05) is 0 Å². The van der Waals surface area contributed by atoms with Gasteiger partial charge in [-0.05, 0) is 44.9 Å². The molecule has 6 N–H and O–H groups in total. The van der Waals surface area contributed by atoms with Crippen molar-refractivity contribution in [3.8, 4) is 0 Å². The Bertz CT molecular complexity index is 1020. The van der Waals surface area contributed by atoms with Crippen molar-refractivity contribution in [2.45, 2.75) is 270 Å². The van der Waals surface area contributed by atoms with E-state index in [0.717, 1.165) is 57.8 Å². The summed E-state index contributed by atoms with van der Waals surface area (Å²) < 4.78 is 5.86. The van der Waals surface area contributed by atoms with E-state index in [0.29, 0.717) is 32.1 Å². The van der Waals surface area contributed by atoms with E-state index < -0.39 is 36.1 Å². The first-order chi connectivity index (χ1) is 29.2. The summed E-state index contributed by atoms with van der Waals surface area (Å²) in [7, 11) is 0. The summed E-state index contributed by atoms with van der Waals surface area (Å²) in [5.41, 5.74) is 0. The predicted octanol–water partition coefficient (Wildman–Crippen LogP) is 10.0. The predicted molar refractivity (Wildman–Crippen MR) is 246 cm³/mol. The van der Waals surface area contributed by atoms with Gasteiger partial charge in [-0.1, -0.05) is 181 Å². The zero-order chi connectivity index (χ0) is 44.3. The topological polar surface area (TPSA) is 174 Å². The molecule has 0 saturated carbocycles. The molecule has 0 aromatic rings. The maximum absolute atomic E-state index is 13.2. The van der Waals surface area contributed by atoms with Crippen LogP contribution in [0.3, 0.4) is 0 Å². The highest BCUT2D eigenvalue weighted by Crippen LogP contribution is 2.17. The molecule has 3 amide bonds. The van der Waals surface area contributed by atoms with Gasteiger partial charge in [0.15, 0.2) is 0 Å². The molecule has 11 nitrogen and oxygen atoms in total. The average molecular weight is 854 g/mol. The summed E-state index contributed by atoms with van der Waals surface area (Å²) in [6.45, 7) is 6.35. The summed E-state index contributed by atoms with van der Waals surface area (Å²) in [5, 5.41) is 38.3. The van der Waals surface area contributed by atoms with Gasteiger partial charge in [-0.15, -0.1) is 0 Å². The van der Waals surface area contributed by atoms with Crippen molar-refractivity contribution in [2.75, 3.05) is 19.8 Å². The second kappa shape index (κ2) is 43.4. The quantitative estimate of drug-likeness (QED) is 0.0259. The van der Waals surface area contributed by atoms with Gasteiger partial charge < -0.3 is 36.0 Å². The molecular weight excluding hydrogens is 759 g/mol. The molecule has 0 aliphatic rings. The molecule has 60 heavy (non-hydrogen) atoms. The number of carbonyl (C=O) groups is 4. The third kappa shape index (κ3) is 37.5. The standard InChI is InChI=1S/C49H95N3O8/c1-4-7-10-13-16-19-22-25-28-33-43(55)39-46(56)51-42(41-54)32-31-37-50-49(59)45(36-38-53)52-47(57)40-44(34-29-26-23-20-17-14-11-8-5-2)60-48(58)35-30-27-24-21-18-15-12-9-6-3/h42-45,53-55H,4-41H2,1-3H3,(H,50,59)(H,51,56)(H,52,57)/t42-,43-,44-,45?/m1/s1. The van der Waals surface area contributed by atoms with Gasteiger partial charge in [-0.25, -0.2) is 0 Å². The molecule has 0 saturated heterocycles. The third-order valence-corrected chi connectivity index (χ3v) is 11.6. The minimum absolute atomic E-state index is 0.00858. The van der Waals surface area contributed by atoms with Crippen molar-refractivity contribution in [2.24, 2.45) is 0 Å². The normalized spacial score (nSPS) is 13.4. The number of carbonyl (C=O) groups excluding carboxylic acids is 4. The first-order valence-electron chi connectivity index (χ1n) is 25.2. The van der Waals surface area contributed by atoms with Crippen LogP contribution in [0.4, 0.5) is 0 Å². The number of esters is 1. The van der Waals surface area contributed by atoms with Gasteiger partial charge in [0.1, 0.15) is 12.1 Å². The van der Waals surface area contributed by atoms with E-state index in [9.17, 15) is 34.5 Å². The molecular formula is C49H95N3O8. The van der Waals surface area contributed by atoms with Crippen LogP contribution in [0.2, 0.25) is 0 Å². The van der Waals surface area contributed by atoms with Crippen LogP contribution in [0.25, 0.3) is 0 Å². The smallest absolute Gasteiger partial charge is 0.306 e. The van der Waals surface area contributed by atoms with Crippen molar-refractivity contribution in [1.82, 2.24) is 16.0 Å². The van der Waals surface area contributed by atoms with Crippen LogP contribution in [-0.4, -0.2) is 83.1 Å². The number of hydrogen-bond donors (Lipinski definition) is 6. The van der Waals surface area contributed by atoms with Gasteiger partial charge in [0, 0.05) is 19.6 Å². The minimum atomic E-state index is -0.950. The number of unbranched alkanes of at least 4 members (excludes halogenated alkanes) is 24. The summed E-state index contributed by atoms with van der Waals surface area (Å²) in [4.78, 5) is 51.7. The fourth-order valence-corrected chi connectivity index (χ4v) is 7.75. The third-order valence-electron chi connectivity index (χ3n) is 11.6. The Balaban J connectivity index is 4.77. The highest BCUT2D eigenvalue weighted by atomic mass is 16.5. The Labute approximate surface area is 367 Å². The molecule has 4 atom stereocenters. The molecule has 0 bridgehead atoms. The van der Waals surface area contributed by atoms with Crippen LogP contribution in [-0.2, 0) is 23.9 Å². The van der Waals surface area contributed by atoms with Crippen molar-refractivity contribution in [3.05, 3.63) is 0 Å². The van der Waals surface area contributed by atoms with Crippen LogP contribution in [0, 0.1) is 0 Å². The van der Waals surface area contributed by atoms with Crippen LogP contribution in [0.15, 0.2) is 0 Å². The Morgan fingerprint density at radius 3 is 1.43 bits per heavy atom. The van der Waals surface area contributed by atoms with Crippen LogP contribution in [0.5, 0.6) is 0 Å². The first kappa shape index (κ1) is 57.8. The molecule has 0 rings (SSSR count). The number of aliphatic hydroxyl groups excluding tert-OH is 3. The molecule has 354 valence electrons. The van der Waals surface area contributed by atoms with Crippen LogP contribution < -0.4 is 16.0 Å². The SMILES string of the molecule is CCCCCCCCCCCC(=O)O[C@H](CCCCCCCCCCC)CC(=O)NC(CCO)C(=O)NCCC[C@H](CO)NC(=O)C[C@H](O)CCCCCCCCCCC. The summed E-state index contributed by atoms with van der Waals surface area (Å²) >= 11 is 0. The maximum Gasteiger partial charge on any atom is 0.306 e. The summed E-state index contributed by atoms with van der Waals surface area (Å²) in [5.74, 6) is -1.42. The van der Waals surface area contributed by atoms with E-state index in [1.165, 1.54) is 116 Å². The van der Waals surface area contributed by atoms with Gasteiger partial charge in [0.2, 0.25) is 17.7 Å². The van der Waals surface area contributed by atoms with E-state index in [4.69, 9.17) is 4.74 Å². The maximum atomic E-state index is 13.2. The molecule has 0 spiro atoms. The van der Waals surface area contributed by atoms with E-state index >= 15 is 0 Å². The number of rotatable bonds is 45. The Morgan fingerprint density at radius 1 is 0.500 bits per heavy atom. The fraction of sp³-hybridized carbons (Fsp3) is 0.918. The fourth-order valence-electron chi connectivity index (χ4n) is 7.75. The number of hydrogen-bond acceptors (Lipinski definition) is 8. The van der Waals surface area contributed by atoms with E-state index in [2.05, 4.69) is 36.7 Å². The number of nitrogens with one attached hydrogen (secondary N) is 3. The highest BCUT2D eigenvalue weighted by Gasteiger charge is 2.24. The van der Waals surface area contributed by atoms with Gasteiger partial charge >= 0.3 is 5.97 Å². The lowest BCUT2D eigenvalue weighted by Crippen LogP contribution is -2.48. The second-order valence-electron chi connectivity index (χ2n) is 17.5. The monoisotopic (exact) mass is 854 g/mol. The number of amides is 3. The van der Waals surface area contributed by atoms with Crippen molar-refractivity contribution < 1.29 is 39.2 Å². The minimum Gasteiger partial charge on any atom is -0.462 e. The van der Waals surface area contributed by atoms with Gasteiger partial charge in [0.05, 0.1) is 31.6 Å². The molecule has 0 aliphatic carbocycles. The van der Waals surface area contributed by atoms with Crippen LogP contribution in [0.1, 0.15) is 245 Å². The molecule has 11 heteroatoms. The molecule has 0 heterocycles. The second-order valence-corrected chi connectivity index (χ2v) is 17.5. The zero-order valence-corrected chi connectivity index (χ0v) is 39.1. The van der Waals surface area contributed by atoms with Gasteiger partial charge in [-0.2, -0.15) is 0 Å². The van der Waals surface area contributed by atoms with Crippen molar-refractivity contribution >= 4 is 23.7 Å². The lowest BCUT2D eigenvalue weighted by atomic mass is 10.0. The highest BCUT2D eigenvalue weighted by molar-refractivity contribution is 5.87. The summed E-state index contributed by atoms with van der Waals surface area (Å²) in [6.07, 6.45) is 32.7. The molecule has 0 radical (unpaired) electrons. The van der Waals surface area contributed by atoms with Gasteiger partial charge in [-0.3, -0.25) is 19.2 Å². The Morgan fingerprint density at radius 2 is 0.950 bits per heavy atom. The van der Waals surface area contributed by atoms with Crippen molar-refractivity contribution in [3.63, 3.8) is 0 Å². The lowest BCUT2D eigenvalue weighted by molar-refractivity contribution is -0.151. The molecule has 1 unspecified atom stereocenters. The zero-order valence-electron chi connectivity index (χ0n) is 39.1. The molecule has 0 aromatic carbocycles. The first-order valence-corrected chi connectivity index (χ1v) is 25.2. The number of aliphatic hydroxyl groups is 3. The molecule has 0 aliphatic heterocycles. The summed E-state index contributed by atoms with van der Waals surface area (Å²) in [6, 6.07) is -1.46. The average Bonchev–Trinajstić information content (AvgIpc) is 3.22. The Kier molecular flexibility index (Phi) is 41.8. The van der Waals surface area contributed by atoms with Crippen molar-refractivity contribution in [1.29, 1.82) is 0 Å². The lowest BCUT2D eigenvalue weighted by Gasteiger charge is -2.21. The number of ether oxygens (including phenoxy) is 1. The van der Waals surface area contributed by atoms with E-state index in [1.54, 1.807) is 0 Å². The van der Waals surface area contributed by atoms with E-state index in [-0.39, 0.29) is 50.9 Å². The Hall–Kier alpha value is -2.24. The van der Waals surface area contributed by atoms with Crippen LogP contribution >= 0.6 is 0 Å².